The highest BCUT2D eigenvalue weighted by Gasteiger charge is 2.29. The number of benzene rings is 7. The van der Waals surface area contributed by atoms with Crippen LogP contribution in [0, 0.1) is 0 Å². The minimum Gasteiger partial charge on any atom is -0.309 e. The van der Waals surface area contributed by atoms with Crippen LogP contribution in [0.4, 0.5) is 0 Å². The number of aromatic nitrogens is 1. The lowest BCUT2D eigenvalue weighted by atomic mass is 9.94. The fraction of sp³-hybridized carbons (Fsp3) is 0. The number of hydrogen-bond acceptors (Lipinski definition) is 3. The first kappa shape index (κ1) is 29.2. The summed E-state index contributed by atoms with van der Waals surface area (Å²) in [5, 5.41) is 5.81. The predicted octanol–water partition coefficient (Wildman–Crippen LogP) is 10.3. The summed E-state index contributed by atoms with van der Waals surface area (Å²) in [5.41, 5.74) is 7.06. The molecule has 0 saturated carbocycles. The Morgan fingerprint density at radius 3 is 1.68 bits per heavy atom. The van der Waals surface area contributed by atoms with E-state index in [1.807, 2.05) is 78.9 Å². The zero-order chi connectivity index (χ0) is 31.8. The van der Waals surface area contributed by atoms with Crippen molar-refractivity contribution < 1.29 is 4.57 Å². The summed E-state index contributed by atoms with van der Waals surface area (Å²) in [7, 11) is -3.05. The SMILES string of the molecule is O=P(c1ccccc1)(c1ccccc1)c1ccc(-c2cccc(-c3nc4c(ccc5ccccc54)c(-c4ccccc4)c3S)c2)cc1. The lowest BCUT2D eigenvalue weighted by Gasteiger charge is -2.20. The fourth-order valence-corrected chi connectivity index (χ4v) is 9.60. The molecule has 0 aliphatic rings. The van der Waals surface area contributed by atoms with Gasteiger partial charge >= 0.3 is 0 Å². The van der Waals surface area contributed by atoms with E-state index in [2.05, 4.69) is 97.1 Å². The van der Waals surface area contributed by atoms with E-state index in [4.69, 9.17) is 17.6 Å². The van der Waals surface area contributed by atoms with Crippen molar-refractivity contribution in [2.24, 2.45) is 0 Å². The second-order valence-electron chi connectivity index (χ2n) is 11.6. The molecule has 0 aliphatic heterocycles. The largest absolute Gasteiger partial charge is 0.309 e. The standard InChI is InChI=1S/C43H30NOPS/c45-46(35-18-6-2-7-19-35,36-20-8-3-9-21-36)37-26-23-30(24-27-37)33-16-12-17-34(29-33)41-43(47)40(32-14-4-1-5-15-32)39-28-25-31-13-10-11-22-38(31)42(39)44-41/h1-29,47H. The van der Waals surface area contributed by atoms with E-state index >= 15 is 0 Å². The van der Waals surface area contributed by atoms with E-state index in [1.165, 1.54) is 0 Å². The van der Waals surface area contributed by atoms with Gasteiger partial charge in [0.1, 0.15) is 0 Å². The van der Waals surface area contributed by atoms with Crippen molar-refractivity contribution in [2.75, 3.05) is 0 Å². The Kier molecular flexibility index (Phi) is 7.57. The van der Waals surface area contributed by atoms with Crippen LogP contribution in [0.15, 0.2) is 181 Å². The first-order valence-electron chi connectivity index (χ1n) is 15.6. The maximum absolute atomic E-state index is 14.9. The molecule has 1 heterocycles. The van der Waals surface area contributed by atoms with Crippen molar-refractivity contribution in [3.63, 3.8) is 0 Å². The van der Waals surface area contributed by atoms with Crippen LogP contribution in [0.5, 0.6) is 0 Å². The molecule has 0 amide bonds. The second-order valence-corrected chi connectivity index (χ2v) is 14.9. The average molecular weight is 640 g/mol. The van der Waals surface area contributed by atoms with Gasteiger partial charge in [0.2, 0.25) is 0 Å². The molecule has 0 saturated heterocycles. The number of fused-ring (bicyclic) bond motifs is 3. The number of nitrogens with zero attached hydrogens (tertiary/aromatic N) is 1. The fourth-order valence-electron chi connectivity index (χ4n) is 6.52. The third kappa shape index (κ3) is 5.19. The van der Waals surface area contributed by atoms with Gasteiger partial charge in [0.05, 0.1) is 11.2 Å². The Morgan fingerprint density at radius 2 is 1.00 bits per heavy atom. The van der Waals surface area contributed by atoms with Gasteiger partial charge in [-0.05, 0) is 28.1 Å². The molecule has 0 spiro atoms. The first-order valence-corrected chi connectivity index (χ1v) is 17.8. The molecule has 0 bridgehead atoms. The monoisotopic (exact) mass is 639 g/mol. The average Bonchev–Trinajstić information content (AvgIpc) is 3.15. The summed E-state index contributed by atoms with van der Waals surface area (Å²) >= 11 is 5.15. The molecule has 0 unspecified atom stereocenters. The lowest BCUT2D eigenvalue weighted by Crippen LogP contribution is -2.24. The predicted molar refractivity (Wildman–Crippen MR) is 202 cm³/mol. The maximum atomic E-state index is 14.9. The smallest absolute Gasteiger partial charge is 0.171 e. The molecule has 0 fully saturated rings. The Balaban J connectivity index is 1.26. The first-order chi connectivity index (χ1) is 23.1. The molecule has 8 rings (SSSR count). The van der Waals surface area contributed by atoms with Gasteiger partial charge in [-0.3, -0.25) is 0 Å². The van der Waals surface area contributed by atoms with E-state index < -0.39 is 7.14 Å². The topological polar surface area (TPSA) is 30.0 Å². The second kappa shape index (κ2) is 12.2. The molecule has 0 atom stereocenters. The third-order valence-corrected chi connectivity index (χ3v) is 12.4. The maximum Gasteiger partial charge on any atom is 0.171 e. The van der Waals surface area contributed by atoms with E-state index in [-0.39, 0.29) is 0 Å². The number of pyridine rings is 1. The Labute approximate surface area is 280 Å². The van der Waals surface area contributed by atoms with E-state index in [1.54, 1.807) is 0 Å². The summed E-state index contributed by atoms with van der Waals surface area (Å²) in [6, 6.07) is 59.4. The molecule has 8 aromatic rings. The van der Waals surface area contributed by atoms with Crippen molar-refractivity contribution in [3.8, 4) is 33.5 Å². The molecule has 4 heteroatoms. The van der Waals surface area contributed by atoms with Crippen LogP contribution in [-0.4, -0.2) is 4.98 Å². The molecule has 0 aliphatic carbocycles. The minimum absolute atomic E-state index is 0.808. The van der Waals surface area contributed by atoms with Crippen LogP contribution in [0.1, 0.15) is 0 Å². The molecule has 0 N–H and O–H groups in total. The lowest BCUT2D eigenvalue weighted by molar-refractivity contribution is 0.592. The molecular weight excluding hydrogens is 610 g/mol. The molecule has 47 heavy (non-hydrogen) atoms. The summed E-state index contributed by atoms with van der Waals surface area (Å²) in [5.74, 6) is 0. The van der Waals surface area contributed by atoms with E-state index in [0.29, 0.717) is 0 Å². The van der Waals surface area contributed by atoms with Crippen molar-refractivity contribution >= 4 is 57.4 Å². The molecule has 1 aromatic heterocycles. The summed E-state index contributed by atoms with van der Waals surface area (Å²) in [6.07, 6.45) is 0. The van der Waals surface area contributed by atoms with Gasteiger partial charge in [0, 0.05) is 42.7 Å². The van der Waals surface area contributed by atoms with Gasteiger partial charge < -0.3 is 4.57 Å². The van der Waals surface area contributed by atoms with Gasteiger partial charge in [-0.25, -0.2) is 4.98 Å². The highest BCUT2D eigenvalue weighted by molar-refractivity contribution is 7.85. The van der Waals surface area contributed by atoms with Crippen LogP contribution in [0.25, 0.3) is 55.2 Å². The number of hydrogen-bond donors (Lipinski definition) is 1. The third-order valence-electron chi connectivity index (χ3n) is 8.86. The van der Waals surface area contributed by atoms with Crippen molar-refractivity contribution in [2.45, 2.75) is 4.90 Å². The van der Waals surface area contributed by atoms with Gasteiger partial charge in [-0.2, -0.15) is 0 Å². The normalized spacial score (nSPS) is 11.6. The zero-order valence-corrected chi connectivity index (χ0v) is 27.3. The van der Waals surface area contributed by atoms with Gasteiger partial charge in [-0.15, -0.1) is 12.6 Å². The van der Waals surface area contributed by atoms with Crippen LogP contribution in [0.2, 0.25) is 0 Å². The Bertz CT molecular complexity index is 2380. The molecule has 2 nitrogen and oxygen atoms in total. The van der Waals surface area contributed by atoms with Crippen molar-refractivity contribution in [1.82, 2.24) is 4.98 Å². The summed E-state index contributed by atoms with van der Waals surface area (Å²) in [4.78, 5) is 6.14. The summed E-state index contributed by atoms with van der Waals surface area (Å²) in [6.45, 7) is 0. The minimum atomic E-state index is -3.05. The van der Waals surface area contributed by atoms with Gasteiger partial charge in [0.25, 0.3) is 0 Å². The van der Waals surface area contributed by atoms with Gasteiger partial charge in [0.15, 0.2) is 7.14 Å². The van der Waals surface area contributed by atoms with E-state index in [9.17, 15) is 4.57 Å². The molecular formula is C43H30NOPS. The highest BCUT2D eigenvalue weighted by Crippen LogP contribution is 2.44. The van der Waals surface area contributed by atoms with Crippen LogP contribution < -0.4 is 15.9 Å². The summed E-state index contributed by atoms with van der Waals surface area (Å²) < 4.78 is 14.9. The van der Waals surface area contributed by atoms with Crippen LogP contribution in [-0.2, 0) is 4.57 Å². The Morgan fingerprint density at radius 1 is 0.447 bits per heavy atom. The number of rotatable bonds is 6. The zero-order valence-electron chi connectivity index (χ0n) is 25.5. The molecule has 7 aromatic carbocycles. The highest BCUT2D eigenvalue weighted by atomic mass is 32.1. The van der Waals surface area contributed by atoms with Crippen LogP contribution in [0.3, 0.4) is 0 Å². The molecule has 224 valence electrons. The van der Waals surface area contributed by atoms with Crippen molar-refractivity contribution in [3.05, 3.63) is 176 Å². The van der Waals surface area contributed by atoms with E-state index in [0.717, 1.165) is 76.0 Å². The number of thiol groups is 1. The van der Waals surface area contributed by atoms with Crippen LogP contribution >= 0.6 is 19.8 Å². The quantitative estimate of drug-likeness (QED) is 0.111. The van der Waals surface area contributed by atoms with Gasteiger partial charge in [-0.1, -0.05) is 170 Å². The Hall–Kier alpha value is -5.21. The van der Waals surface area contributed by atoms with Crippen molar-refractivity contribution in [1.29, 1.82) is 0 Å². The molecule has 0 radical (unpaired) electrons.